The molecule has 24 heteroatoms. The van der Waals surface area contributed by atoms with E-state index < -0.39 is 0 Å². The van der Waals surface area contributed by atoms with Gasteiger partial charge in [-0.25, -0.2) is 0 Å². The second-order valence-electron chi connectivity index (χ2n) is 0. The maximum absolute atomic E-state index is 0. The summed E-state index contributed by atoms with van der Waals surface area (Å²) in [5.74, 6) is 0. The third-order valence-corrected chi connectivity index (χ3v) is 0. The van der Waals surface area contributed by atoms with E-state index in [0.29, 0.717) is 0 Å². The van der Waals surface area contributed by atoms with Crippen molar-refractivity contribution in [2.24, 2.45) is 0 Å². The van der Waals surface area contributed by atoms with Gasteiger partial charge in [0, 0.05) is 0 Å². The van der Waals surface area contributed by atoms with Crippen LogP contribution in [0.1, 0.15) is 0 Å². The van der Waals surface area contributed by atoms with E-state index in [0.717, 1.165) is 0 Å². The standard InChI is InChI=1S/15HI.9Na/h15*1H;;;;;;;;;/q;;;;;;;;;;;;;;;9*+1/p-9. The molecule has 0 aromatic rings. The molecule has 24 heavy (non-hydrogen) atoms. The number of halogens is 15. The van der Waals surface area contributed by atoms with Gasteiger partial charge in [-0.3, -0.25) is 0 Å². The summed E-state index contributed by atoms with van der Waals surface area (Å²) in [7, 11) is 0. The van der Waals surface area contributed by atoms with Crippen LogP contribution in [0, 0.1) is 0 Å². The topological polar surface area (TPSA) is 0 Å². The monoisotopic (exact) mass is 2120 g/mol. The zero-order chi connectivity index (χ0) is 0. The Morgan fingerprint density at radius 2 is 0.125 bits per heavy atom. The zero-order valence-electron chi connectivity index (χ0n) is 14.9. The van der Waals surface area contributed by atoms with E-state index in [1.165, 1.54) is 0 Å². The summed E-state index contributed by atoms with van der Waals surface area (Å²) >= 11 is 0. The molecule has 0 bridgehead atoms. The molecule has 0 aliphatic carbocycles. The van der Waals surface area contributed by atoms with Gasteiger partial charge in [0.1, 0.15) is 0 Å². The Balaban J connectivity index is 0. The van der Waals surface area contributed by atoms with Crippen LogP contribution in [0.25, 0.3) is 0 Å². The van der Waals surface area contributed by atoms with Crippen molar-refractivity contribution in [2.45, 2.75) is 0 Å². The van der Waals surface area contributed by atoms with Gasteiger partial charge in [-0.15, -0.1) is 144 Å². The molecule has 0 aliphatic heterocycles. The van der Waals surface area contributed by atoms with Crippen molar-refractivity contribution in [2.75, 3.05) is 0 Å². The molecule has 0 unspecified atom stereocenters. The maximum atomic E-state index is 0. The third-order valence-electron chi connectivity index (χ3n) is 0. The Hall–Kier alpha value is 20.0. The first-order valence-corrected chi connectivity index (χ1v) is 0. The van der Waals surface area contributed by atoms with Crippen molar-refractivity contribution in [1.29, 1.82) is 0 Å². The third kappa shape index (κ3) is 177. The molecule has 0 spiro atoms. The minimum absolute atomic E-state index is 0. The molecule has 0 rings (SSSR count). The normalized spacial score (nSPS) is 0. The summed E-state index contributed by atoms with van der Waals surface area (Å²) in [4.78, 5) is 0. The molecule has 0 fully saturated rings. The molecule has 0 radical (unpaired) electrons. The molecule has 0 aromatic carbocycles. The number of hydrogen-bond acceptors (Lipinski definition) is 0. The molecule has 0 aliphatic rings. The van der Waals surface area contributed by atoms with Crippen LogP contribution in [0.4, 0.5) is 0 Å². The number of hydrogen-bond donors (Lipinski definition) is 0. The molecule has 0 heterocycles. The fraction of sp³-hybridized carbons (Fsp3) is 0. The predicted octanol–water partition coefficient (Wildman–Crippen LogP) is -50.2. The van der Waals surface area contributed by atoms with Gasteiger partial charge in [-0.05, 0) is 0 Å². The van der Waals surface area contributed by atoms with Gasteiger partial charge in [0.05, 0.1) is 0 Å². The second-order valence-corrected chi connectivity index (χ2v) is 0. The summed E-state index contributed by atoms with van der Waals surface area (Å²) < 4.78 is 0. The zero-order valence-corrected chi connectivity index (χ0v) is 66.3. The van der Waals surface area contributed by atoms with Crippen LogP contribution in [0.5, 0.6) is 0 Å². The Labute approximate surface area is 604 Å². The molecule has 0 saturated heterocycles. The minimum atomic E-state index is 0. The van der Waals surface area contributed by atoms with E-state index in [1.54, 1.807) is 0 Å². The smallest absolute Gasteiger partial charge is 1.00 e. The maximum Gasteiger partial charge on any atom is 1.00 e. The van der Waals surface area contributed by atoms with E-state index in [1.807, 2.05) is 0 Å². The van der Waals surface area contributed by atoms with Crippen LogP contribution >= 0.6 is 144 Å². The van der Waals surface area contributed by atoms with Crippen molar-refractivity contribution in [1.82, 2.24) is 0 Å². The SMILES string of the molecule is I.I.I.I.I.I.[I-].[I-].[I-].[I-].[I-].[I-].[I-].[I-].[I-].[Na+].[Na+].[Na+].[Na+].[Na+].[Na+].[Na+].[Na+].[Na+]. The summed E-state index contributed by atoms with van der Waals surface area (Å²) in [6.07, 6.45) is 0. The van der Waals surface area contributed by atoms with Crippen molar-refractivity contribution in [3.8, 4) is 0 Å². The van der Waals surface area contributed by atoms with Crippen LogP contribution in [0.15, 0.2) is 0 Å². The predicted molar refractivity (Wildman–Crippen MR) is 92.5 cm³/mol. The molecule has 0 N–H and O–H groups in total. The molecular formula is H6I15Na9. The first-order valence-electron chi connectivity index (χ1n) is 0. The molecule has 0 nitrogen and oxygen atoms in total. The van der Waals surface area contributed by atoms with Gasteiger partial charge in [0.15, 0.2) is 0 Å². The molecule has 120 valence electrons. The first-order chi connectivity index (χ1) is 0. The van der Waals surface area contributed by atoms with Gasteiger partial charge < -0.3 is 216 Å². The van der Waals surface area contributed by atoms with E-state index in [4.69, 9.17) is 0 Å². The quantitative estimate of drug-likeness (QED) is 0.168. The largest absolute Gasteiger partial charge is 1.00 e. The average Bonchev–Trinajstić information content (AvgIpc) is 0. The average molecular weight is 2120 g/mol. The van der Waals surface area contributed by atoms with Gasteiger partial charge in [0.2, 0.25) is 0 Å². The fourth-order valence-electron chi connectivity index (χ4n) is 0. The first kappa shape index (κ1) is 204. The molecular weight excluding hydrogens is 2110 g/mol. The van der Waals surface area contributed by atoms with Crippen molar-refractivity contribution in [3.05, 3.63) is 0 Å². The van der Waals surface area contributed by atoms with Gasteiger partial charge in [-0.1, -0.05) is 0 Å². The Kier molecular flexibility index (Phi) is 1610. The molecule has 0 amide bonds. The van der Waals surface area contributed by atoms with Gasteiger partial charge in [-0.2, -0.15) is 0 Å². The van der Waals surface area contributed by atoms with Gasteiger partial charge in [0.25, 0.3) is 0 Å². The summed E-state index contributed by atoms with van der Waals surface area (Å²) in [5.41, 5.74) is 0. The van der Waals surface area contributed by atoms with Crippen LogP contribution in [0.3, 0.4) is 0 Å². The summed E-state index contributed by atoms with van der Waals surface area (Å²) in [6.45, 7) is 0. The van der Waals surface area contributed by atoms with Crippen LogP contribution < -0.4 is 482 Å². The van der Waals surface area contributed by atoms with Crippen molar-refractivity contribution >= 4 is 144 Å². The summed E-state index contributed by atoms with van der Waals surface area (Å²) in [5, 5.41) is 0. The van der Waals surface area contributed by atoms with Crippen molar-refractivity contribution < 1.29 is 482 Å². The molecule has 0 saturated carbocycles. The number of rotatable bonds is 0. The van der Waals surface area contributed by atoms with Crippen LogP contribution in [-0.2, 0) is 0 Å². The van der Waals surface area contributed by atoms with Gasteiger partial charge >= 0.3 is 266 Å². The molecule has 0 atom stereocenters. The Morgan fingerprint density at radius 3 is 0.125 bits per heavy atom. The van der Waals surface area contributed by atoms with Crippen molar-refractivity contribution in [3.63, 3.8) is 0 Å². The van der Waals surface area contributed by atoms with E-state index >= 15 is 0 Å². The Bertz CT molecular complexity index is 22.9. The van der Waals surface area contributed by atoms with E-state index in [2.05, 4.69) is 0 Å². The van der Waals surface area contributed by atoms with E-state index in [9.17, 15) is 0 Å². The van der Waals surface area contributed by atoms with E-state index in [-0.39, 0.29) is 626 Å². The van der Waals surface area contributed by atoms with Crippen LogP contribution in [-0.4, -0.2) is 0 Å². The molecule has 0 aromatic heterocycles. The Morgan fingerprint density at radius 1 is 0.125 bits per heavy atom. The second kappa shape index (κ2) is 190. The fourth-order valence-corrected chi connectivity index (χ4v) is 0. The minimum Gasteiger partial charge on any atom is -1.00 e. The van der Waals surface area contributed by atoms with Crippen LogP contribution in [0.2, 0.25) is 0 Å². The summed E-state index contributed by atoms with van der Waals surface area (Å²) in [6, 6.07) is 0.